The molecule has 4 heteroatoms. The highest BCUT2D eigenvalue weighted by Crippen LogP contribution is 2.38. The summed E-state index contributed by atoms with van der Waals surface area (Å²) in [6.45, 7) is 4.55. The molecule has 1 amide bonds. The summed E-state index contributed by atoms with van der Waals surface area (Å²) < 4.78 is 6.14. The molecule has 1 aliphatic heterocycles. The molecule has 0 radical (unpaired) electrons. The van der Waals surface area contributed by atoms with E-state index in [9.17, 15) is 4.79 Å². The van der Waals surface area contributed by atoms with E-state index in [1.54, 1.807) is 0 Å². The summed E-state index contributed by atoms with van der Waals surface area (Å²) in [4.78, 5) is 15.5. The molecule has 0 spiro atoms. The summed E-state index contributed by atoms with van der Waals surface area (Å²) in [6, 6.07) is 30.5. The topological polar surface area (TPSA) is 41.6 Å². The first-order chi connectivity index (χ1) is 15.6. The number of amides is 1. The van der Waals surface area contributed by atoms with E-state index in [4.69, 9.17) is 4.74 Å². The number of nitrogens with zero attached hydrogens (tertiary/aromatic N) is 1. The largest absolute Gasteiger partial charge is 0.477 e. The van der Waals surface area contributed by atoms with Crippen LogP contribution in [0.3, 0.4) is 0 Å². The van der Waals surface area contributed by atoms with Crippen LogP contribution in [0, 0.1) is 6.92 Å². The van der Waals surface area contributed by atoms with Gasteiger partial charge in [0, 0.05) is 5.69 Å². The molecule has 4 aromatic rings. The van der Waals surface area contributed by atoms with Crippen molar-refractivity contribution in [3.05, 3.63) is 102 Å². The third kappa shape index (κ3) is 3.80. The number of rotatable bonds is 4. The van der Waals surface area contributed by atoms with Gasteiger partial charge in [-0.05, 0) is 54.4 Å². The fourth-order valence-corrected chi connectivity index (χ4v) is 4.35. The lowest BCUT2D eigenvalue weighted by atomic mass is 9.99. The van der Waals surface area contributed by atoms with Crippen LogP contribution < -0.4 is 15.0 Å². The van der Waals surface area contributed by atoms with Crippen molar-refractivity contribution in [1.29, 1.82) is 0 Å². The monoisotopic (exact) mass is 422 g/mol. The predicted molar refractivity (Wildman–Crippen MR) is 130 cm³/mol. The van der Waals surface area contributed by atoms with Gasteiger partial charge in [0.25, 0.3) is 5.91 Å². The quantitative estimate of drug-likeness (QED) is 0.444. The van der Waals surface area contributed by atoms with E-state index < -0.39 is 6.10 Å². The van der Waals surface area contributed by atoms with E-state index in [-0.39, 0.29) is 11.9 Å². The number of para-hydroxylation sites is 2. The fraction of sp³-hybridized carbons (Fsp3) is 0.179. The van der Waals surface area contributed by atoms with Gasteiger partial charge in [-0.25, -0.2) is 0 Å². The van der Waals surface area contributed by atoms with Crippen molar-refractivity contribution in [2.45, 2.75) is 26.0 Å². The number of ether oxygens (including phenoxy) is 1. The molecule has 1 N–H and O–H groups in total. The molecule has 2 atom stereocenters. The van der Waals surface area contributed by atoms with Crippen LogP contribution in [0.1, 0.15) is 24.1 Å². The Labute approximate surface area is 188 Å². The first-order valence-corrected chi connectivity index (χ1v) is 11.0. The molecule has 1 heterocycles. The minimum Gasteiger partial charge on any atom is -0.477 e. The number of anilines is 2. The standard InChI is InChI=1S/C28H26N2O2/c1-19-14-16-22(17-15-19)30-18-27(32-26-13-6-5-12-25(26)30)28(31)29-20(2)23-11-7-9-21-8-3-4-10-24(21)23/h3-17,20,27H,18H2,1-2H3,(H,29,31). The van der Waals surface area contributed by atoms with Gasteiger partial charge in [0.2, 0.25) is 0 Å². The molecular weight excluding hydrogens is 396 g/mol. The zero-order valence-corrected chi connectivity index (χ0v) is 18.3. The van der Waals surface area contributed by atoms with Gasteiger partial charge in [-0.1, -0.05) is 72.3 Å². The molecule has 0 fully saturated rings. The number of hydrogen-bond donors (Lipinski definition) is 1. The van der Waals surface area contributed by atoms with Gasteiger partial charge in [-0.3, -0.25) is 4.79 Å². The molecule has 0 saturated carbocycles. The van der Waals surface area contributed by atoms with Gasteiger partial charge in [-0.15, -0.1) is 0 Å². The van der Waals surface area contributed by atoms with E-state index >= 15 is 0 Å². The second kappa shape index (κ2) is 8.39. The lowest BCUT2D eigenvalue weighted by Gasteiger charge is -2.36. The van der Waals surface area contributed by atoms with Gasteiger partial charge in [0.15, 0.2) is 6.10 Å². The number of hydrogen-bond acceptors (Lipinski definition) is 3. The normalized spacial score (nSPS) is 16.2. The maximum atomic E-state index is 13.3. The van der Waals surface area contributed by atoms with Crippen molar-refractivity contribution in [2.24, 2.45) is 0 Å². The molecule has 32 heavy (non-hydrogen) atoms. The van der Waals surface area contributed by atoms with E-state index in [2.05, 4.69) is 65.7 Å². The third-order valence-electron chi connectivity index (χ3n) is 6.06. The summed E-state index contributed by atoms with van der Waals surface area (Å²) in [5.74, 6) is 0.606. The summed E-state index contributed by atoms with van der Waals surface area (Å²) in [5, 5.41) is 5.50. The van der Waals surface area contributed by atoms with Crippen LogP contribution in [0.15, 0.2) is 91.0 Å². The molecule has 0 saturated heterocycles. The Morgan fingerprint density at radius 2 is 1.66 bits per heavy atom. The first-order valence-electron chi connectivity index (χ1n) is 11.0. The highest BCUT2D eigenvalue weighted by molar-refractivity contribution is 5.88. The zero-order chi connectivity index (χ0) is 22.1. The average molecular weight is 423 g/mol. The van der Waals surface area contributed by atoms with Crippen molar-refractivity contribution in [3.8, 4) is 5.75 Å². The molecule has 0 bridgehead atoms. The molecule has 5 rings (SSSR count). The molecule has 0 aliphatic carbocycles. The molecule has 160 valence electrons. The maximum Gasteiger partial charge on any atom is 0.263 e. The lowest BCUT2D eigenvalue weighted by Crippen LogP contribution is -2.48. The summed E-state index contributed by atoms with van der Waals surface area (Å²) in [5.41, 5.74) is 4.32. The van der Waals surface area contributed by atoms with Gasteiger partial charge in [0.1, 0.15) is 5.75 Å². The van der Waals surface area contributed by atoms with Gasteiger partial charge < -0.3 is 15.0 Å². The molecule has 4 aromatic carbocycles. The van der Waals surface area contributed by atoms with Gasteiger partial charge >= 0.3 is 0 Å². The van der Waals surface area contributed by atoms with Crippen LogP contribution >= 0.6 is 0 Å². The molecule has 1 aliphatic rings. The highest BCUT2D eigenvalue weighted by Gasteiger charge is 2.32. The van der Waals surface area contributed by atoms with Crippen molar-refractivity contribution < 1.29 is 9.53 Å². The third-order valence-corrected chi connectivity index (χ3v) is 6.06. The molecule has 4 nitrogen and oxygen atoms in total. The Bertz CT molecular complexity index is 1260. The number of benzene rings is 4. The van der Waals surface area contributed by atoms with Crippen LogP contribution in [0.2, 0.25) is 0 Å². The van der Waals surface area contributed by atoms with Crippen molar-refractivity contribution in [3.63, 3.8) is 0 Å². The maximum absolute atomic E-state index is 13.3. The van der Waals surface area contributed by atoms with E-state index in [0.717, 1.165) is 28.1 Å². The predicted octanol–water partition coefficient (Wildman–Crippen LogP) is 5.92. The van der Waals surface area contributed by atoms with Crippen molar-refractivity contribution >= 4 is 28.1 Å². The molecule has 0 aromatic heterocycles. The Balaban J connectivity index is 1.40. The number of aryl methyl sites for hydroxylation is 1. The number of carbonyl (C=O) groups excluding carboxylic acids is 1. The van der Waals surface area contributed by atoms with Crippen LogP contribution in [-0.2, 0) is 4.79 Å². The highest BCUT2D eigenvalue weighted by atomic mass is 16.5. The SMILES string of the molecule is Cc1ccc(N2CC(C(=O)NC(C)c3cccc4ccccc34)Oc3ccccc32)cc1. The summed E-state index contributed by atoms with van der Waals surface area (Å²) >= 11 is 0. The van der Waals surface area contributed by atoms with E-state index in [1.165, 1.54) is 10.9 Å². The second-order valence-electron chi connectivity index (χ2n) is 8.32. The number of carbonyl (C=O) groups is 1. The zero-order valence-electron chi connectivity index (χ0n) is 18.3. The van der Waals surface area contributed by atoms with Crippen LogP contribution in [-0.4, -0.2) is 18.6 Å². The minimum absolute atomic E-state index is 0.114. The molecular formula is C28H26N2O2. The van der Waals surface area contributed by atoms with Crippen LogP contribution in [0.4, 0.5) is 11.4 Å². The fourth-order valence-electron chi connectivity index (χ4n) is 4.35. The average Bonchev–Trinajstić information content (AvgIpc) is 2.83. The Kier molecular flexibility index (Phi) is 5.28. The summed E-state index contributed by atoms with van der Waals surface area (Å²) in [7, 11) is 0. The minimum atomic E-state index is -0.608. The number of nitrogens with one attached hydrogen (secondary N) is 1. The van der Waals surface area contributed by atoms with Crippen LogP contribution in [0.5, 0.6) is 5.75 Å². The molecule has 2 unspecified atom stereocenters. The Morgan fingerprint density at radius 1 is 0.938 bits per heavy atom. The van der Waals surface area contributed by atoms with Gasteiger partial charge in [-0.2, -0.15) is 0 Å². The van der Waals surface area contributed by atoms with Crippen molar-refractivity contribution in [1.82, 2.24) is 5.32 Å². The van der Waals surface area contributed by atoms with Crippen molar-refractivity contribution in [2.75, 3.05) is 11.4 Å². The second-order valence-corrected chi connectivity index (χ2v) is 8.32. The van der Waals surface area contributed by atoms with Crippen LogP contribution in [0.25, 0.3) is 10.8 Å². The summed E-state index contributed by atoms with van der Waals surface area (Å²) in [6.07, 6.45) is -0.608. The Hall–Kier alpha value is -3.79. The first kappa shape index (κ1) is 20.1. The van der Waals surface area contributed by atoms with E-state index in [1.807, 2.05) is 49.4 Å². The van der Waals surface area contributed by atoms with Gasteiger partial charge in [0.05, 0.1) is 18.3 Å². The number of fused-ring (bicyclic) bond motifs is 2. The lowest BCUT2D eigenvalue weighted by molar-refractivity contribution is -0.128. The smallest absolute Gasteiger partial charge is 0.263 e. The van der Waals surface area contributed by atoms with E-state index in [0.29, 0.717) is 6.54 Å². The Morgan fingerprint density at radius 3 is 2.50 bits per heavy atom.